The molecule has 0 radical (unpaired) electrons. The van der Waals surface area contributed by atoms with Gasteiger partial charge in [-0.15, -0.1) is 0 Å². The number of nitrogens with one attached hydrogen (secondary N) is 1. The number of aliphatic hydroxyl groups excluding tert-OH is 1. The minimum absolute atomic E-state index is 0.209. The number of carbonyl (C=O) groups excluding carboxylic acids is 2. The minimum atomic E-state index is -1.44. The highest BCUT2D eigenvalue weighted by Crippen LogP contribution is 2.11. The summed E-state index contributed by atoms with van der Waals surface area (Å²) >= 11 is 0. The Bertz CT molecular complexity index is 439. The lowest BCUT2D eigenvalue weighted by molar-refractivity contribution is -0.127. The summed E-state index contributed by atoms with van der Waals surface area (Å²) in [5, 5.41) is 11.3. The Kier molecular flexibility index (Phi) is 5.06. The number of hydrogen-bond acceptors (Lipinski definition) is 4. The molecule has 1 atom stereocenters. The summed E-state index contributed by atoms with van der Waals surface area (Å²) in [7, 11) is 0. The fourth-order valence-electron chi connectivity index (χ4n) is 1.07. The zero-order valence-electron chi connectivity index (χ0n) is 9.43. The van der Waals surface area contributed by atoms with E-state index < -0.39 is 23.7 Å². The average molecular weight is 256 g/mol. The van der Waals surface area contributed by atoms with Crippen molar-refractivity contribution in [1.29, 1.82) is 0 Å². The molecule has 4 N–H and O–H groups in total. The first-order valence-electron chi connectivity index (χ1n) is 5.11. The molecule has 0 aliphatic heterocycles. The largest absolute Gasteiger partial charge is 0.484 e. The molecule has 7 heteroatoms. The summed E-state index contributed by atoms with van der Waals surface area (Å²) in [5.41, 5.74) is 4.79. The maximum atomic E-state index is 12.8. The van der Waals surface area contributed by atoms with Gasteiger partial charge in [0.05, 0.1) is 6.54 Å². The first-order valence-corrected chi connectivity index (χ1v) is 5.11. The van der Waals surface area contributed by atoms with E-state index in [9.17, 15) is 14.0 Å². The maximum Gasteiger partial charge on any atom is 0.258 e. The van der Waals surface area contributed by atoms with Crippen molar-refractivity contribution in [2.45, 2.75) is 6.10 Å². The summed E-state index contributed by atoms with van der Waals surface area (Å²) in [6.45, 7) is -0.643. The summed E-state index contributed by atoms with van der Waals surface area (Å²) in [5.74, 6) is -1.75. The third-order valence-corrected chi connectivity index (χ3v) is 1.99. The molecule has 1 aromatic rings. The molecular weight excluding hydrogens is 243 g/mol. The molecule has 0 heterocycles. The van der Waals surface area contributed by atoms with Crippen LogP contribution in [-0.4, -0.2) is 36.2 Å². The lowest BCUT2D eigenvalue weighted by Gasteiger charge is -2.09. The number of nitrogens with two attached hydrogens (primary N) is 1. The zero-order valence-corrected chi connectivity index (χ0v) is 9.43. The minimum Gasteiger partial charge on any atom is -0.484 e. The summed E-state index contributed by atoms with van der Waals surface area (Å²) in [4.78, 5) is 21.7. The number of benzene rings is 1. The first kappa shape index (κ1) is 13.9. The number of rotatable bonds is 6. The van der Waals surface area contributed by atoms with Gasteiger partial charge in [0.1, 0.15) is 17.7 Å². The van der Waals surface area contributed by atoms with Gasteiger partial charge in [-0.05, 0) is 12.1 Å². The van der Waals surface area contributed by atoms with Crippen LogP contribution in [-0.2, 0) is 9.59 Å². The molecule has 18 heavy (non-hydrogen) atoms. The van der Waals surface area contributed by atoms with E-state index in [0.717, 1.165) is 6.07 Å². The molecule has 0 aliphatic carbocycles. The van der Waals surface area contributed by atoms with Gasteiger partial charge in [-0.25, -0.2) is 4.39 Å². The molecule has 98 valence electrons. The molecule has 1 aromatic carbocycles. The van der Waals surface area contributed by atoms with Gasteiger partial charge in [-0.2, -0.15) is 0 Å². The monoisotopic (exact) mass is 256 g/mol. The SMILES string of the molecule is NC(=O)C(O)CNC(=O)COc1cccc(F)c1. The number of hydrogen-bond donors (Lipinski definition) is 3. The first-order chi connectivity index (χ1) is 8.49. The zero-order chi connectivity index (χ0) is 13.5. The Morgan fingerprint density at radius 2 is 2.22 bits per heavy atom. The molecule has 6 nitrogen and oxygen atoms in total. The summed E-state index contributed by atoms with van der Waals surface area (Å²) < 4.78 is 17.8. The van der Waals surface area contributed by atoms with E-state index >= 15 is 0 Å². The van der Waals surface area contributed by atoms with E-state index in [1.165, 1.54) is 18.2 Å². The van der Waals surface area contributed by atoms with Gasteiger partial charge in [0, 0.05) is 6.07 Å². The third-order valence-electron chi connectivity index (χ3n) is 1.99. The van der Waals surface area contributed by atoms with Gasteiger partial charge >= 0.3 is 0 Å². The van der Waals surface area contributed by atoms with Gasteiger partial charge in [-0.3, -0.25) is 9.59 Å². The Hall–Kier alpha value is -2.15. The second-order valence-electron chi connectivity index (χ2n) is 3.47. The molecule has 2 amide bonds. The van der Waals surface area contributed by atoms with Gasteiger partial charge in [0.15, 0.2) is 6.61 Å². The van der Waals surface area contributed by atoms with Crippen molar-refractivity contribution in [3.8, 4) is 5.75 Å². The quantitative estimate of drug-likeness (QED) is 0.618. The van der Waals surface area contributed by atoms with Gasteiger partial charge in [0.2, 0.25) is 5.91 Å². The molecule has 0 aromatic heterocycles. The topological polar surface area (TPSA) is 102 Å². The van der Waals surface area contributed by atoms with E-state index in [2.05, 4.69) is 5.32 Å². The highest BCUT2D eigenvalue weighted by molar-refractivity contribution is 5.81. The van der Waals surface area contributed by atoms with Crippen LogP contribution in [0.4, 0.5) is 4.39 Å². The number of ether oxygens (including phenoxy) is 1. The van der Waals surface area contributed by atoms with Crippen LogP contribution in [0.5, 0.6) is 5.75 Å². The van der Waals surface area contributed by atoms with Gasteiger partial charge in [0.25, 0.3) is 5.91 Å². The molecule has 0 fully saturated rings. The van der Waals surface area contributed by atoms with Crippen molar-refractivity contribution in [1.82, 2.24) is 5.32 Å². The van der Waals surface area contributed by atoms with Crippen LogP contribution in [0, 0.1) is 5.82 Å². The van der Waals surface area contributed by atoms with Gasteiger partial charge < -0.3 is 20.9 Å². The second-order valence-corrected chi connectivity index (χ2v) is 3.47. The van der Waals surface area contributed by atoms with Crippen LogP contribution in [0.25, 0.3) is 0 Å². The van der Waals surface area contributed by atoms with E-state index in [4.69, 9.17) is 15.6 Å². The highest BCUT2D eigenvalue weighted by atomic mass is 19.1. The number of halogens is 1. The van der Waals surface area contributed by atoms with Crippen LogP contribution >= 0.6 is 0 Å². The predicted octanol–water partition coefficient (Wildman–Crippen LogP) is -0.833. The Labute approximate surface area is 103 Å². The molecule has 1 unspecified atom stereocenters. The van der Waals surface area contributed by atoms with Crippen molar-refractivity contribution in [2.75, 3.05) is 13.2 Å². The van der Waals surface area contributed by atoms with E-state index in [-0.39, 0.29) is 18.9 Å². The van der Waals surface area contributed by atoms with Crippen molar-refractivity contribution in [2.24, 2.45) is 5.73 Å². The van der Waals surface area contributed by atoms with Crippen LogP contribution < -0.4 is 15.8 Å². The smallest absolute Gasteiger partial charge is 0.258 e. The summed E-state index contributed by atoms with van der Waals surface area (Å²) in [6.07, 6.45) is -1.44. The Morgan fingerprint density at radius 1 is 1.50 bits per heavy atom. The Balaban J connectivity index is 2.31. The van der Waals surface area contributed by atoms with Crippen molar-refractivity contribution >= 4 is 11.8 Å². The third kappa shape index (κ3) is 4.79. The average Bonchev–Trinajstić information content (AvgIpc) is 2.33. The molecule has 0 aliphatic rings. The van der Waals surface area contributed by atoms with Crippen LogP contribution in [0.15, 0.2) is 24.3 Å². The molecular formula is C11H13FN2O4. The van der Waals surface area contributed by atoms with Crippen LogP contribution in [0.2, 0.25) is 0 Å². The number of carbonyl (C=O) groups is 2. The maximum absolute atomic E-state index is 12.8. The Morgan fingerprint density at radius 3 is 2.83 bits per heavy atom. The highest BCUT2D eigenvalue weighted by Gasteiger charge is 2.12. The van der Waals surface area contributed by atoms with Crippen LogP contribution in [0.1, 0.15) is 0 Å². The molecule has 0 saturated heterocycles. The molecule has 0 bridgehead atoms. The lowest BCUT2D eigenvalue weighted by atomic mass is 10.3. The normalized spacial score (nSPS) is 11.7. The fraction of sp³-hybridized carbons (Fsp3) is 0.273. The van der Waals surface area contributed by atoms with E-state index in [0.29, 0.717) is 0 Å². The number of amides is 2. The molecule has 0 saturated carbocycles. The number of primary amides is 1. The van der Waals surface area contributed by atoms with Crippen molar-refractivity contribution in [3.63, 3.8) is 0 Å². The molecule has 0 spiro atoms. The van der Waals surface area contributed by atoms with Crippen molar-refractivity contribution < 1.29 is 23.8 Å². The molecule has 1 rings (SSSR count). The lowest BCUT2D eigenvalue weighted by Crippen LogP contribution is -2.41. The van der Waals surface area contributed by atoms with Gasteiger partial charge in [-0.1, -0.05) is 6.07 Å². The second kappa shape index (κ2) is 6.55. The fourth-order valence-corrected chi connectivity index (χ4v) is 1.07. The van der Waals surface area contributed by atoms with Crippen LogP contribution in [0.3, 0.4) is 0 Å². The number of aliphatic hydroxyl groups is 1. The standard InChI is InChI=1S/C11H13FN2O4/c12-7-2-1-3-8(4-7)18-6-10(16)14-5-9(15)11(13)17/h1-4,9,15H,5-6H2,(H2,13,17)(H,14,16). The van der Waals surface area contributed by atoms with Crippen molar-refractivity contribution in [3.05, 3.63) is 30.1 Å². The predicted molar refractivity (Wildman–Crippen MR) is 60.1 cm³/mol. The van der Waals surface area contributed by atoms with E-state index in [1.54, 1.807) is 0 Å². The summed E-state index contributed by atoms with van der Waals surface area (Å²) in [6, 6.07) is 5.32. The van der Waals surface area contributed by atoms with E-state index in [1.807, 2.05) is 0 Å².